The highest BCUT2D eigenvalue weighted by Crippen LogP contribution is 2.29. The van der Waals surface area contributed by atoms with E-state index >= 15 is 0 Å². The number of hydrogen-bond acceptors (Lipinski definition) is 2. The van der Waals surface area contributed by atoms with Crippen molar-refractivity contribution in [3.63, 3.8) is 0 Å². The largest absolute Gasteiger partial charge is 0.388 e. The third kappa shape index (κ3) is 3.49. The summed E-state index contributed by atoms with van der Waals surface area (Å²) < 4.78 is 13.5. The minimum Gasteiger partial charge on any atom is -0.388 e. The maximum absolute atomic E-state index is 13.5. The van der Waals surface area contributed by atoms with E-state index < -0.39 is 11.9 Å². The van der Waals surface area contributed by atoms with E-state index in [0.29, 0.717) is 18.5 Å². The lowest BCUT2D eigenvalue weighted by molar-refractivity contribution is 0.0666. The minimum atomic E-state index is -0.599. The standard InChI is InChI=1S/C20H22FNO2/c1-14-9-10-16(21)12-18(14)20(24)22-11-5-8-17(22)13-19(23)15-6-3-2-4-7-15/h2-4,6-7,9-10,12,17,19,23H,5,8,11,13H2,1H3. The van der Waals surface area contributed by atoms with Crippen molar-refractivity contribution in [3.8, 4) is 0 Å². The number of likely N-dealkylation sites (tertiary alicyclic amines) is 1. The minimum absolute atomic E-state index is 0.0182. The van der Waals surface area contributed by atoms with Gasteiger partial charge in [0.1, 0.15) is 5.82 Å². The van der Waals surface area contributed by atoms with Crippen LogP contribution >= 0.6 is 0 Å². The van der Waals surface area contributed by atoms with Crippen LogP contribution in [0.2, 0.25) is 0 Å². The molecule has 1 aliphatic heterocycles. The van der Waals surface area contributed by atoms with Gasteiger partial charge < -0.3 is 10.0 Å². The third-order valence-electron chi connectivity index (χ3n) is 4.75. The highest BCUT2D eigenvalue weighted by atomic mass is 19.1. The second kappa shape index (κ2) is 7.14. The van der Waals surface area contributed by atoms with E-state index in [4.69, 9.17) is 0 Å². The lowest BCUT2D eigenvalue weighted by Gasteiger charge is -2.27. The number of rotatable bonds is 4. The molecule has 0 saturated carbocycles. The Balaban J connectivity index is 1.75. The average molecular weight is 327 g/mol. The first-order valence-electron chi connectivity index (χ1n) is 8.36. The van der Waals surface area contributed by atoms with Crippen LogP contribution in [-0.4, -0.2) is 28.5 Å². The van der Waals surface area contributed by atoms with E-state index in [0.717, 1.165) is 24.0 Å². The van der Waals surface area contributed by atoms with Gasteiger partial charge >= 0.3 is 0 Å². The van der Waals surface area contributed by atoms with Crippen LogP contribution in [0.4, 0.5) is 4.39 Å². The predicted molar refractivity (Wildman–Crippen MR) is 91.2 cm³/mol. The van der Waals surface area contributed by atoms with Crippen molar-refractivity contribution in [2.75, 3.05) is 6.54 Å². The van der Waals surface area contributed by atoms with Crippen molar-refractivity contribution in [2.45, 2.75) is 38.3 Å². The lowest BCUT2D eigenvalue weighted by atomic mass is 9.99. The number of benzene rings is 2. The summed E-state index contributed by atoms with van der Waals surface area (Å²) in [5.74, 6) is -0.543. The Kier molecular flexibility index (Phi) is 4.95. The topological polar surface area (TPSA) is 40.5 Å². The second-order valence-corrected chi connectivity index (χ2v) is 6.42. The number of carbonyl (C=O) groups is 1. The van der Waals surface area contributed by atoms with Crippen LogP contribution in [0.5, 0.6) is 0 Å². The van der Waals surface area contributed by atoms with Crippen molar-refractivity contribution in [1.82, 2.24) is 4.90 Å². The molecule has 0 spiro atoms. The zero-order valence-corrected chi connectivity index (χ0v) is 13.8. The molecule has 0 bridgehead atoms. The van der Waals surface area contributed by atoms with Gasteiger partial charge in [-0.1, -0.05) is 36.4 Å². The van der Waals surface area contributed by atoms with Crippen LogP contribution in [0.1, 0.15) is 46.9 Å². The summed E-state index contributed by atoms with van der Waals surface area (Å²) in [7, 11) is 0. The normalized spacial score (nSPS) is 18.6. The van der Waals surface area contributed by atoms with Crippen LogP contribution in [0.25, 0.3) is 0 Å². The molecule has 3 nitrogen and oxygen atoms in total. The molecule has 1 N–H and O–H groups in total. The first kappa shape index (κ1) is 16.7. The molecule has 0 aliphatic carbocycles. The summed E-state index contributed by atoms with van der Waals surface area (Å²) in [6.07, 6.45) is 1.68. The molecule has 2 aromatic carbocycles. The summed E-state index contributed by atoms with van der Waals surface area (Å²) in [5, 5.41) is 10.5. The van der Waals surface area contributed by atoms with Gasteiger partial charge in [0.2, 0.25) is 0 Å². The summed E-state index contributed by atoms with van der Waals surface area (Å²) in [5.41, 5.74) is 2.05. The molecule has 0 aromatic heterocycles. The van der Waals surface area contributed by atoms with E-state index in [1.165, 1.54) is 12.1 Å². The molecule has 4 heteroatoms. The maximum Gasteiger partial charge on any atom is 0.254 e. The zero-order valence-electron chi connectivity index (χ0n) is 13.8. The lowest BCUT2D eigenvalue weighted by Crippen LogP contribution is -2.36. The van der Waals surface area contributed by atoms with Gasteiger partial charge in [-0.3, -0.25) is 4.79 Å². The zero-order chi connectivity index (χ0) is 17.1. The van der Waals surface area contributed by atoms with E-state index in [9.17, 15) is 14.3 Å². The first-order valence-corrected chi connectivity index (χ1v) is 8.36. The Morgan fingerprint density at radius 2 is 2.04 bits per heavy atom. The van der Waals surface area contributed by atoms with E-state index in [1.54, 1.807) is 11.0 Å². The van der Waals surface area contributed by atoms with Crippen LogP contribution in [0.15, 0.2) is 48.5 Å². The van der Waals surface area contributed by atoms with Crippen molar-refractivity contribution < 1.29 is 14.3 Å². The SMILES string of the molecule is Cc1ccc(F)cc1C(=O)N1CCCC1CC(O)c1ccccc1. The summed E-state index contributed by atoms with van der Waals surface area (Å²) in [4.78, 5) is 14.6. The fraction of sp³-hybridized carbons (Fsp3) is 0.350. The Bertz CT molecular complexity index is 717. The molecule has 126 valence electrons. The molecule has 2 aromatic rings. The molecular formula is C20H22FNO2. The van der Waals surface area contributed by atoms with Crippen molar-refractivity contribution in [2.24, 2.45) is 0 Å². The number of amides is 1. The summed E-state index contributed by atoms with van der Waals surface area (Å²) in [6.45, 7) is 2.47. The van der Waals surface area contributed by atoms with Crippen LogP contribution in [0.3, 0.4) is 0 Å². The van der Waals surface area contributed by atoms with Gasteiger partial charge in [0.05, 0.1) is 6.10 Å². The molecular weight excluding hydrogens is 305 g/mol. The Morgan fingerprint density at radius 1 is 1.29 bits per heavy atom. The van der Waals surface area contributed by atoms with Gasteiger partial charge in [0, 0.05) is 18.2 Å². The van der Waals surface area contributed by atoms with Gasteiger partial charge in [-0.05, 0) is 49.4 Å². The number of hydrogen-bond donors (Lipinski definition) is 1. The summed E-state index contributed by atoms with van der Waals surface area (Å²) in [6, 6.07) is 13.8. The molecule has 1 heterocycles. The molecule has 2 unspecified atom stereocenters. The highest BCUT2D eigenvalue weighted by molar-refractivity contribution is 5.96. The molecule has 1 fully saturated rings. The fourth-order valence-corrected chi connectivity index (χ4v) is 3.40. The maximum atomic E-state index is 13.5. The van der Waals surface area contributed by atoms with Gasteiger partial charge in [-0.25, -0.2) is 4.39 Å². The van der Waals surface area contributed by atoms with Crippen LogP contribution < -0.4 is 0 Å². The van der Waals surface area contributed by atoms with E-state index in [1.807, 2.05) is 37.3 Å². The molecule has 1 aliphatic rings. The highest BCUT2D eigenvalue weighted by Gasteiger charge is 2.31. The van der Waals surface area contributed by atoms with Crippen molar-refractivity contribution in [3.05, 3.63) is 71.0 Å². The molecule has 1 amide bonds. The average Bonchev–Trinajstić information content (AvgIpc) is 3.05. The van der Waals surface area contributed by atoms with Gasteiger partial charge in [0.25, 0.3) is 5.91 Å². The second-order valence-electron chi connectivity index (χ2n) is 6.42. The quantitative estimate of drug-likeness (QED) is 0.926. The molecule has 2 atom stereocenters. The Morgan fingerprint density at radius 3 is 2.79 bits per heavy atom. The smallest absolute Gasteiger partial charge is 0.254 e. The van der Waals surface area contributed by atoms with Gasteiger partial charge in [-0.2, -0.15) is 0 Å². The van der Waals surface area contributed by atoms with Crippen LogP contribution in [0, 0.1) is 12.7 Å². The van der Waals surface area contributed by atoms with Crippen LogP contribution in [-0.2, 0) is 0 Å². The Labute approximate surface area is 141 Å². The third-order valence-corrected chi connectivity index (χ3v) is 4.75. The summed E-state index contributed by atoms with van der Waals surface area (Å²) >= 11 is 0. The number of aliphatic hydroxyl groups excluding tert-OH is 1. The Hall–Kier alpha value is -2.20. The van der Waals surface area contributed by atoms with Gasteiger partial charge in [0.15, 0.2) is 0 Å². The number of nitrogens with zero attached hydrogens (tertiary/aromatic N) is 1. The molecule has 1 saturated heterocycles. The van der Waals surface area contributed by atoms with Crippen molar-refractivity contribution >= 4 is 5.91 Å². The first-order chi connectivity index (χ1) is 11.6. The number of aliphatic hydroxyl groups is 1. The fourth-order valence-electron chi connectivity index (χ4n) is 3.40. The van der Waals surface area contributed by atoms with Gasteiger partial charge in [-0.15, -0.1) is 0 Å². The number of halogens is 1. The van der Waals surface area contributed by atoms with Crippen molar-refractivity contribution in [1.29, 1.82) is 0 Å². The molecule has 0 radical (unpaired) electrons. The monoisotopic (exact) mass is 327 g/mol. The van der Waals surface area contributed by atoms with E-state index in [2.05, 4.69) is 0 Å². The van der Waals surface area contributed by atoms with E-state index in [-0.39, 0.29) is 11.9 Å². The predicted octanol–water partition coefficient (Wildman–Crippen LogP) is 3.86. The number of aryl methyl sites for hydroxylation is 1. The molecule has 3 rings (SSSR count). The number of carbonyl (C=O) groups excluding carboxylic acids is 1. The molecule has 24 heavy (non-hydrogen) atoms.